The molecule has 4 rings (SSSR count). The highest BCUT2D eigenvalue weighted by Gasteiger charge is 2.15. The van der Waals surface area contributed by atoms with E-state index in [-0.39, 0.29) is 6.42 Å². The van der Waals surface area contributed by atoms with Gasteiger partial charge in [0.1, 0.15) is 5.69 Å². The lowest BCUT2D eigenvalue weighted by atomic mass is 10.2. The van der Waals surface area contributed by atoms with Crippen LogP contribution >= 0.6 is 34.5 Å². The first-order valence-electron chi connectivity index (χ1n) is 6.58. The van der Waals surface area contributed by atoms with Crippen LogP contribution in [0.3, 0.4) is 0 Å². The summed E-state index contributed by atoms with van der Waals surface area (Å²) in [5, 5.41) is 10.6. The molecule has 0 unspecified atom stereocenters. The zero-order valence-electron chi connectivity index (χ0n) is 11.4. The molecule has 116 valence electrons. The van der Waals surface area contributed by atoms with Crippen molar-refractivity contribution in [1.29, 1.82) is 0 Å². The molecule has 3 heterocycles. The van der Waals surface area contributed by atoms with Crippen LogP contribution in [0, 0.1) is 0 Å². The summed E-state index contributed by atoms with van der Waals surface area (Å²) >= 11 is 13.5. The Balaban J connectivity index is 1.78. The quantitative estimate of drug-likeness (QED) is 0.568. The minimum atomic E-state index is -0.862. The summed E-state index contributed by atoms with van der Waals surface area (Å²) in [6.45, 7) is 0. The molecule has 5 nitrogen and oxygen atoms in total. The van der Waals surface area contributed by atoms with Gasteiger partial charge in [-0.3, -0.25) is 9.20 Å². The second-order valence-electron chi connectivity index (χ2n) is 5.00. The van der Waals surface area contributed by atoms with E-state index in [0.29, 0.717) is 32.0 Å². The van der Waals surface area contributed by atoms with Gasteiger partial charge in [0.25, 0.3) is 0 Å². The van der Waals surface area contributed by atoms with Crippen LogP contribution in [0.5, 0.6) is 0 Å². The number of nitrogens with zero attached hydrogens (tertiary/aromatic N) is 2. The summed E-state index contributed by atoms with van der Waals surface area (Å²) in [6, 6.07) is 5.24. The van der Waals surface area contributed by atoms with E-state index in [0.717, 1.165) is 10.3 Å². The molecule has 1 N–H and O–H groups in total. The van der Waals surface area contributed by atoms with Gasteiger partial charge in [0.2, 0.25) is 0 Å². The maximum Gasteiger partial charge on any atom is 0.308 e. The second-order valence-corrected chi connectivity index (χ2v) is 6.94. The lowest BCUT2D eigenvalue weighted by molar-refractivity contribution is -0.136. The Kier molecular flexibility index (Phi) is 3.33. The average molecular weight is 367 g/mol. The van der Waals surface area contributed by atoms with Crippen LogP contribution in [-0.2, 0) is 11.2 Å². The molecule has 0 spiro atoms. The van der Waals surface area contributed by atoms with Gasteiger partial charge in [-0.05, 0) is 18.2 Å². The molecule has 4 aromatic rings. The summed E-state index contributed by atoms with van der Waals surface area (Å²) in [7, 11) is 0. The lowest BCUT2D eigenvalue weighted by Gasteiger charge is -1.93. The molecule has 0 aliphatic rings. The normalized spacial score (nSPS) is 11.6. The highest BCUT2D eigenvalue weighted by molar-refractivity contribution is 7.17. The van der Waals surface area contributed by atoms with E-state index >= 15 is 0 Å². The van der Waals surface area contributed by atoms with Crippen molar-refractivity contribution in [2.75, 3.05) is 0 Å². The molecule has 0 saturated heterocycles. The standard InChI is InChI=1S/C15H8Cl2N2O3S/c16-8-1-7-2-12(22-14(7)10(17)3-8)11-6-19-5-9(4-13(20)21)23-15(19)18-11/h1-3,5-6H,4H2,(H,20,21). The molecular formula is C15H8Cl2N2O3S. The Morgan fingerprint density at radius 1 is 1.30 bits per heavy atom. The smallest absolute Gasteiger partial charge is 0.308 e. The van der Waals surface area contributed by atoms with Crippen molar-refractivity contribution < 1.29 is 14.3 Å². The molecule has 0 amide bonds. The van der Waals surface area contributed by atoms with Crippen molar-refractivity contribution >= 4 is 56.4 Å². The maximum absolute atomic E-state index is 10.8. The van der Waals surface area contributed by atoms with Gasteiger partial charge in [-0.1, -0.05) is 23.2 Å². The number of rotatable bonds is 3. The number of hydrogen-bond donors (Lipinski definition) is 1. The fraction of sp³-hybridized carbons (Fsp3) is 0.0667. The largest absolute Gasteiger partial charge is 0.481 e. The molecule has 3 aromatic heterocycles. The van der Waals surface area contributed by atoms with Crippen molar-refractivity contribution in [2.24, 2.45) is 0 Å². The number of halogens is 2. The molecular weight excluding hydrogens is 359 g/mol. The van der Waals surface area contributed by atoms with Crippen LogP contribution < -0.4 is 0 Å². The Hall–Kier alpha value is -2.02. The minimum absolute atomic E-state index is 0.0118. The van der Waals surface area contributed by atoms with Gasteiger partial charge in [-0.25, -0.2) is 4.98 Å². The van der Waals surface area contributed by atoms with Gasteiger partial charge in [0, 0.05) is 27.7 Å². The van der Waals surface area contributed by atoms with Gasteiger partial charge in [-0.15, -0.1) is 11.3 Å². The summed E-state index contributed by atoms with van der Waals surface area (Å²) in [6.07, 6.45) is 3.55. The third kappa shape index (κ3) is 2.59. The molecule has 8 heteroatoms. The number of thiazole rings is 1. The summed E-state index contributed by atoms with van der Waals surface area (Å²) < 4.78 is 7.57. The van der Waals surface area contributed by atoms with E-state index in [4.69, 9.17) is 32.7 Å². The number of carboxylic acid groups (broad SMARTS) is 1. The Bertz CT molecular complexity index is 1030. The van der Waals surface area contributed by atoms with E-state index in [1.165, 1.54) is 11.3 Å². The molecule has 1 aromatic carbocycles. The number of benzene rings is 1. The van der Waals surface area contributed by atoms with Crippen molar-refractivity contribution in [3.63, 3.8) is 0 Å². The number of aromatic nitrogens is 2. The predicted octanol–water partition coefficient (Wildman–Crippen LogP) is 4.74. The molecule has 0 bridgehead atoms. The average Bonchev–Trinajstić information content (AvgIpc) is 3.09. The van der Waals surface area contributed by atoms with Gasteiger partial charge in [0.05, 0.1) is 11.4 Å². The van der Waals surface area contributed by atoms with Crippen molar-refractivity contribution in [2.45, 2.75) is 6.42 Å². The van der Waals surface area contributed by atoms with Crippen LogP contribution in [0.1, 0.15) is 4.88 Å². The minimum Gasteiger partial charge on any atom is -0.481 e. The van der Waals surface area contributed by atoms with E-state index in [1.54, 1.807) is 28.9 Å². The number of fused-ring (bicyclic) bond motifs is 2. The molecule has 23 heavy (non-hydrogen) atoms. The first-order valence-corrected chi connectivity index (χ1v) is 8.15. The van der Waals surface area contributed by atoms with E-state index in [1.807, 2.05) is 6.07 Å². The molecule has 0 aliphatic carbocycles. The third-order valence-electron chi connectivity index (χ3n) is 3.32. The van der Waals surface area contributed by atoms with E-state index in [2.05, 4.69) is 4.98 Å². The third-order valence-corrected chi connectivity index (χ3v) is 4.81. The van der Waals surface area contributed by atoms with E-state index < -0.39 is 5.97 Å². The zero-order chi connectivity index (χ0) is 16.1. The summed E-state index contributed by atoms with van der Waals surface area (Å²) in [5.74, 6) is -0.279. The van der Waals surface area contributed by atoms with Crippen LogP contribution in [0.4, 0.5) is 0 Å². The molecule has 0 atom stereocenters. The van der Waals surface area contributed by atoms with Crippen molar-refractivity contribution in [1.82, 2.24) is 9.38 Å². The zero-order valence-corrected chi connectivity index (χ0v) is 13.7. The number of hydrogen-bond acceptors (Lipinski definition) is 4. The summed E-state index contributed by atoms with van der Waals surface area (Å²) in [4.78, 5) is 16.7. The number of aliphatic carboxylic acids is 1. The van der Waals surface area contributed by atoms with Gasteiger partial charge >= 0.3 is 5.97 Å². The Labute approximate surface area is 143 Å². The number of imidazole rings is 1. The monoisotopic (exact) mass is 366 g/mol. The fourth-order valence-electron chi connectivity index (χ4n) is 2.39. The molecule has 0 aliphatic heterocycles. The first-order chi connectivity index (χ1) is 11.0. The van der Waals surface area contributed by atoms with Gasteiger partial charge in [0.15, 0.2) is 16.3 Å². The highest BCUT2D eigenvalue weighted by atomic mass is 35.5. The first kappa shape index (κ1) is 14.6. The van der Waals surface area contributed by atoms with Crippen molar-refractivity contribution in [3.05, 3.63) is 45.5 Å². The van der Waals surface area contributed by atoms with Crippen LogP contribution in [0.15, 0.2) is 35.0 Å². The molecule has 0 radical (unpaired) electrons. The lowest BCUT2D eigenvalue weighted by Crippen LogP contribution is -1.97. The fourth-order valence-corrected chi connectivity index (χ4v) is 3.89. The SMILES string of the molecule is O=C(O)Cc1cn2cc(-c3cc4cc(Cl)cc(Cl)c4o3)nc2s1. The molecule has 0 saturated carbocycles. The number of carboxylic acids is 1. The Morgan fingerprint density at radius 2 is 2.13 bits per heavy atom. The second kappa shape index (κ2) is 5.26. The number of furan rings is 1. The number of carbonyl (C=O) groups is 1. The van der Waals surface area contributed by atoms with Gasteiger partial charge in [-0.2, -0.15) is 0 Å². The van der Waals surface area contributed by atoms with Gasteiger partial charge < -0.3 is 9.52 Å². The highest BCUT2D eigenvalue weighted by Crippen LogP contribution is 2.34. The van der Waals surface area contributed by atoms with E-state index in [9.17, 15) is 4.79 Å². The van der Waals surface area contributed by atoms with Crippen LogP contribution in [-0.4, -0.2) is 20.5 Å². The Morgan fingerprint density at radius 3 is 2.87 bits per heavy atom. The predicted molar refractivity (Wildman–Crippen MR) is 89.6 cm³/mol. The van der Waals surface area contributed by atoms with Crippen molar-refractivity contribution in [3.8, 4) is 11.5 Å². The summed E-state index contributed by atoms with van der Waals surface area (Å²) in [5.41, 5.74) is 1.22. The molecule has 0 fully saturated rings. The topological polar surface area (TPSA) is 67.7 Å². The maximum atomic E-state index is 10.8. The van der Waals surface area contributed by atoms with Crippen LogP contribution in [0.2, 0.25) is 10.0 Å². The van der Waals surface area contributed by atoms with Crippen LogP contribution in [0.25, 0.3) is 27.4 Å².